The molecule has 0 aliphatic carbocycles. The van der Waals surface area contributed by atoms with Gasteiger partial charge in [0.25, 0.3) is 0 Å². The molecule has 104 valence electrons. The van der Waals surface area contributed by atoms with E-state index in [0.29, 0.717) is 5.69 Å². The van der Waals surface area contributed by atoms with Crippen LogP contribution in [0.1, 0.15) is 30.6 Å². The number of carbonyl (C=O) groups is 2. The van der Waals surface area contributed by atoms with Gasteiger partial charge in [0, 0.05) is 7.11 Å². The molecule has 0 radical (unpaired) electrons. The van der Waals surface area contributed by atoms with Crippen LogP contribution in [0.2, 0.25) is 0 Å². The number of nitrogen functional groups attached to an aromatic ring is 1. The molecule has 0 saturated heterocycles. The van der Waals surface area contributed by atoms with Crippen molar-refractivity contribution in [2.45, 2.75) is 25.9 Å². The van der Waals surface area contributed by atoms with E-state index in [1.807, 2.05) is 0 Å². The third-order valence-corrected chi connectivity index (χ3v) is 2.71. The molecule has 0 spiro atoms. The van der Waals surface area contributed by atoms with Crippen LogP contribution in [0.15, 0.2) is 18.2 Å². The number of rotatable bonds is 5. The fourth-order valence-corrected chi connectivity index (χ4v) is 1.46. The third-order valence-electron chi connectivity index (χ3n) is 2.71. The number of hydrogen-bond donors (Lipinski definition) is 3. The highest BCUT2D eigenvalue weighted by atomic mass is 16.5. The molecule has 0 atom stereocenters. The van der Waals surface area contributed by atoms with Crippen LogP contribution in [-0.4, -0.2) is 29.7 Å². The molecule has 0 aromatic heterocycles. The summed E-state index contributed by atoms with van der Waals surface area (Å²) in [5.41, 5.74) is 5.80. The second-order valence-corrected chi connectivity index (χ2v) is 4.80. The van der Waals surface area contributed by atoms with Crippen LogP contribution in [0.25, 0.3) is 0 Å². The van der Waals surface area contributed by atoms with Crippen molar-refractivity contribution in [3.63, 3.8) is 0 Å². The predicted octanol–water partition coefficient (Wildman–Crippen LogP) is 1.72. The second-order valence-electron chi connectivity index (χ2n) is 4.80. The molecule has 4 N–H and O–H groups in total. The van der Waals surface area contributed by atoms with Crippen LogP contribution in [0.3, 0.4) is 0 Å². The Morgan fingerprint density at radius 1 is 1.42 bits per heavy atom. The molecule has 0 aliphatic rings. The van der Waals surface area contributed by atoms with Gasteiger partial charge in [-0.25, -0.2) is 4.79 Å². The average Bonchev–Trinajstić information content (AvgIpc) is 2.30. The number of anilines is 2. The molecule has 1 aromatic carbocycles. The van der Waals surface area contributed by atoms with Crippen molar-refractivity contribution in [2.24, 2.45) is 0 Å². The van der Waals surface area contributed by atoms with E-state index >= 15 is 0 Å². The Morgan fingerprint density at radius 2 is 2.05 bits per heavy atom. The van der Waals surface area contributed by atoms with Gasteiger partial charge in [-0.15, -0.1) is 0 Å². The Labute approximate surface area is 111 Å². The molecule has 6 heteroatoms. The number of benzene rings is 1. The van der Waals surface area contributed by atoms with E-state index in [4.69, 9.17) is 15.6 Å². The molecule has 1 aromatic rings. The van der Waals surface area contributed by atoms with Gasteiger partial charge in [0.05, 0.1) is 29.0 Å². The molecule has 0 saturated carbocycles. The number of nitrogens with two attached hydrogens (primary N) is 1. The molecular weight excluding hydrogens is 248 g/mol. The zero-order chi connectivity index (χ0) is 14.6. The van der Waals surface area contributed by atoms with Crippen molar-refractivity contribution in [2.75, 3.05) is 18.2 Å². The van der Waals surface area contributed by atoms with E-state index in [1.54, 1.807) is 13.8 Å². The number of aromatic carboxylic acids is 1. The Hall–Kier alpha value is -2.08. The Bertz CT molecular complexity index is 497. The Morgan fingerprint density at radius 3 is 2.53 bits per heavy atom. The lowest BCUT2D eigenvalue weighted by Gasteiger charge is -2.22. The maximum absolute atomic E-state index is 11.8. The van der Waals surface area contributed by atoms with Gasteiger partial charge in [-0.3, -0.25) is 4.79 Å². The minimum atomic E-state index is -1.06. The topological polar surface area (TPSA) is 102 Å². The first-order valence-electron chi connectivity index (χ1n) is 5.73. The lowest BCUT2D eigenvalue weighted by atomic mass is 10.0. The molecule has 0 bridgehead atoms. The minimum absolute atomic E-state index is 0.0766. The first kappa shape index (κ1) is 15.0. The average molecular weight is 266 g/mol. The van der Waals surface area contributed by atoms with Crippen LogP contribution in [-0.2, 0) is 9.53 Å². The number of methoxy groups -OCH3 is 1. The summed E-state index contributed by atoms with van der Waals surface area (Å²) in [7, 11) is 1.53. The number of carboxylic acid groups (broad SMARTS) is 1. The van der Waals surface area contributed by atoms with E-state index in [9.17, 15) is 9.59 Å². The SMILES string of the molecule is COC(C)(C)CC(=O)Nc1ccc(C(=O)O)cc1N. The zero-order valence-corrected chi connectivity index (χ0v) is 11.2. The van der Waals surface area contributed by atoms with Crippen molar-refractivity contribution in [1.29, 1.82) is 0 Å². The molecule has 0 heterocycles. The number of carboxylic acids is 1. The maximum atomic E-state index is 11.8. The summed E-state index contributed by atoms with van der Waals surface area (Å²) in [6, 6.07) is 4.16. The van der Waals surface area contributed by atoms with Gasteiger partial charge in [-0.2, -0.15) is 0 Å². The molecule has 0 unspecified atom stereocenters. The molecule has 1 amide bonds. The fraction of sp³-hybridized carbons (Fsp3) is 0.385. The number of carbonyl (C=O) groups excluding carboxylic acids is 1. The highest BCUT2D eigenvalue weighted by Crippen LogP contribution is 2.21. The number of nitrogens with one attached hydrogen (secondary N) is 1. The Kier molecular flexibility index (Phi) is 4.50. The van der Waals surface area contributed by atoms with Crippen LogP contribution in [0.4, 0.5) is 11.4 Å². The smallest absolute Gasteiger partial charge is 0.335 e. The molecule has 19 heavy (non-hydrogen) atoms. The summed E-state index contributed by atoms with van der Waals surface area (Å²) in [4.78, 5) is 22.5. The highest BCUT2D eigenvalue weighted by molar-refractivity contribution is 5.96. The van der Waals surface area contributed by atoms with E-state index in [2.05, 4.69) is 5.32 Å². The van der Waals surface area contributed by atoms with Crippen molar-refractivity contribution < 1.29 is 19.4 Å². The first-order valence-corrected chi connectivity index (χ1v) is 5.73. The van der Waals surface area contributed by atoms with E-state index in [-0.39, 0.29) is 23.6 Å². The molecule has 6 nitrogen and oxygen atoms in total. The summed E-state index contributed by atoms with van der Waals surface area (Å²) in [6.45, 7) is 3.59. The summed E-state index contributed by atoms with van der Waals surface area (Å²) >= 11 is 0. The van der Waals surface area contributed by atoms with Crippen LogP contribution < -0.4 is 11.1 Å². The van der Waals surface area contributed by atoms with E-state index in [0.717, 1.165) is 0 Å². The van der Waals surface area contributed by atoms with Gasteiger partial charge in [-0.05, 0) is 32.0 Å². The normalized spacial score (nSPS) is 11.1. The third kappa shape index (κ3) is 4.26. The highest BCUT2D eigenvalue weighted by Gasteiger charge is 2.21. The van der Waals surface area contributed by atoms with Crippen LogP contribution >= 0.6 is 0 Å². The fourth-order valence-electron chi connectivity index (χ4n) is 1.46. The zero-order valence-electron chi connectivity index (χ0n) is 11.2. The molecular formula is C13H18N2O4. The van der Waals surface area contributed by atoms with Gasteiger partial charge in [0.2, 0.25) is 5.91 Å². The largest absolute Gasteiger partial charge is 0.478 e. The van der Waals surface area contributed by atoms with E-state index < -0.39 is 11.6 Å². The monoisotopic (exact) mass is 266 g/mol. The molecule has 0 aliphatic heterocycles. The minimum Gasteiger partial charge on any atom is -0.478 e. The van der Waals surface area contributed by atoms with Gasteiger partial charge < -0.3 is 20.9 Å². The van der Waals surface area contributed by atoms with Crippen molar-refractivity contribution in [3.8, 4) is 0 Å². The van der Waals surface area contributed by atoms with Crippen LogP contribution in [0.5, 0.6) is 0 Å². The summed E-state index contributed by atoms with van der Waals surface area (Å²) in [5.74, 6) is -1.31. The van der Waals surface area contributed by atoms with Gasteiger partial charge in [0.15, 0.2) is 0 Å². The lowest BCUT2D eigenvalue weighted by molar-refractivity contribution is -0.121. The van der Waals surface area contributed by atoms with Crippen molar-refractivity contribution >= 4 is 23.3 Å². The summed E-state index contributed by atoms with van der Waals surface area (Å²) in [6.07, 6.45) is 0.170. The van der Waals surface area contributed by atoms with Crippen molar-refractivity contribution in [3.05, 3.63) is 23.8 Å². The van der Waals surface area contributed by atoms with Gasteiger partial charge in [0.1, 0.15) is 0 Å². The van der Waals surface area contributed by atoms with Crippen molar-refractivity contribution in [1.82, 2.24) is 0 Å². The van der Waals surface area contributed by atoms with E-state index in [1.165, 1.54) is 25.3 Å². The molecule has 1 rings (SSSR count). The second kappa shape index (κ2) is 5.71. The summed E-state index contributed by atoms with van der Waals surface area (Å²) < 4.78 is 5.16. The lowest BCUT2D eigenvalue weighted by Crippen LogP contribution is -2.29. The summed E-state index contributed by atoms with van der Waals surface area (Å²) in [5, 5.41) is 11.4. The number of amides is 1. The molecule has 0 fully saturated rings. The maximum Gasteiger partial charge on any atom is 0.335 e. The van der Waals surface area contributed by atoms with Crippen LogP contribution in [0, 0.1) is 0 Å². The number of hydrogen-bond acceptors (Lipinski definition) is 4. The standard InChI is InChI=1S/C13H18N2O4/c1-13(2,19-3)7-11(16)15-10-5-4-8(12(17)18)6-9(10)14/h4-6H,7,14H2,1-3H3,(H,15,16)(H,17,18). The van der Waals surface area contributed by atoms with Gasteiger partial charge >= 0.3 is 5.97 Å². The quantitative estimate of drug-likeness (QED) is 0.704. The van der Waals surface area contributed by atoms with Gasteiger partial charge in [-0.1, -0.05) is 0 Å². The Balaban J connectivity index is 2.78. The predicted molar refractivity (Wildman–Crippen MR) is 72.1 cm³/mol. The number of ether oxygens (including phenoxy) is 1. The first-order chi connectivity index (χ1) is 8.75.